The summed E-state index contributed by atoms with van der Waals surface area (Å²) in [5.41, 5.74) is -1.92. The van der Waals surface area contributed by atoms with Crippen molar-refractivity contribution in [3.8, 4) is 28.7 Å². The molecule has 4 rings (SSSR count). The third-order valence-corrected chi connectivity index (χ3v) is 12.0. The van der Waals surface area contributed by atoms with Crippen LogP contribution in [0.15, 0.2) is 61.9 Å². The van der Waals surface area contributed by atoms with Gasteiger partial charge in [0.15, 0.2) is 0 Å². The first-order chi connectivity index (χ1) is 34.1. The van der Waals surface area contributed by atoms with Crippen molar-refractivity contribution < 1.29 is 82.8 Å². The van der Waals surface area contributed by atoms with Gasteiger partial charge >= 0.3 is 23.9 Å². The van der Waals surface area contributed by atoms with Crippen LogP contribution >= 0.6 is 47.8 Å². The van der Waals surface area contributed by atoms with Gasteiger partial charge < -0.3 is 65.7 Å². The minimum absolute atomic E-state index is 0.000634. The number of halogens is 3. The fourth-order valence-electron chi connectivity index (χ4n) is 7.13. The number of benzene rings is 4. The van der Waals surface area contributed by atoms with Crippen molar-refractivity contribution in [1.82, 2.24) is 31.1 Å². The average Bonchev–Trinajstić information content (AvgIpc) is 3.33. The van der Waals surface area contributed by atoms with Crippen LogP contribution in [0.1, 0.15) is 82.9 Å². The Hall–Kier alpha value is -7.00. The molecular formula is C46H49Br3N6O17. The molecule has 0 atom stereocenters. The van der Waals surface area contributed by atoms with Crippen LogP contribution in [0.4, 0.5) is 0 Å². The van der Waals surface area contributed by atoms with Gasteiger partial charge in [0.2, 0.25) is 0 Å². The Labute approximate surface area is 436 Å². The lowest BCUT2D eigenvalue weighted by Crippen LogP contribution is -2.46. The van der Waals surface area contributed by atoms with E-state index >= 15 is 0 Å². The number of phenols is 1. The lowest BCUT2D eigenvalue weighted by molar-refractivity contribution is 0.0681. The number of carbonyl (C=O) groups is 8. The van der Waals surface area contributed by atoms with E-state index in [9.17, 15) is 63.9 Å². The molecular weight excluding hydrogens is 1150 g/mol. The van der Waals surface area contributed by atoms with Crippen LogP contribution in [0.5, 0.6) is 28.7 Å². The number of carboxylic acids is 4. The van der Waals surface area contributed by atoms with E-state index in [0.717, 1.165) is 6.07 Å². The van der Waals surface area contributed by atoms with Gasteiger partial charge in [0, 0.05) is 78.9 Å². The molecule has 0 unspecified atom stereocenters. The first-order valence-corrected chi connectivity index (χ1v) is 23.6. The van der Waals surface area contributed by atoms with Gasteiger partial charge in [-0.15, -0.1) is 0 Å². The lowest BCUT2D eigenvalue weighted by atomic mass is 10.1. The number of amides is 4. The number of nitrogens with zero attached hydrogens (tertiary/aromatic N) is 2. The van der Waals surface area contributed by atoms with Gasteiger partial charge in [0.1, 0.15) is 51.0 Å². The number of carbonyl (C=O) groups excluding carboxylic acids is 4. The highest BCUT2D eigenvalue weighted by Gasteiger charge is 2.26. The molecule has 0 saturated carbocycles. The number of hydrogen-bond acceptors (Lipinski definition) is 15. The molecule has 72 heavy (non-hydrogen) atoms. The summed E-state index contributed by atoms with van der Waals surface area (Å²) in [6.45, 7) is 0.685. The van der Waals surface area contributed by atoms with E-state index in [2.05, 4.69) is 69.1 Å². The summed E-state index contributed by atoms with van der Waals surface area (Å²) in [5, 5.41) is 60.3. The highest BCUT2D eigenvalue weighted by atomic mass is 79.9. The maximum absolute atomic E-state index is 13.5. The highest BCUT2D eigenvalue weighted by Crippen LogP contribution is 2.32. The molecule has 23 nitrogen and oxygen atoms in total. The predicted molar refractivity (Wildman–Crippen MR) is 267 cm³/mol. The van der Waals surface area contributed by atoms with Crippen molar-refractivity contribution in [1.29, 1.82) is 0 Å². The fraction of sp³-hybridized carbons (Fsp3) is 0.304. The number of aromatic carboxylic acids is 4. The van der Waals surface area contributed by atoms with Crippen molar-refractivity contribution in [3.05, 3.63) is 106 Å². The average molecular weight is 1200 g/mol. The Bertz CT molecular complexity index is 2650. The lowest BCUT2D eigenvalue weighted by Gasteiger charge is -2.28. The maximum Gasteiger partial charge on any atom is 0.339 e. The molecule has 9 N–H and O–H groups in total. The van der Waals surface area contributed by atoms with Crippen molar-refractivity contribution in [3.63, 3.8) is 0 Å². The summed E-state index contributed by atoms with van der Waals surface area (Å²) >= 11 is 9.69. The number of ether oxygens (including phenoxy) is 4. The van der Waals surface area contributed by atoms with Crippen molar-refractivity contribution >= 4 is 95.3 Å². The van der Waals surface area contributed by atoms with Gasteiger partial charge in [0.25, 0.3) is 23.6 Å². The Morgan fingerprint density at radius 3 is 0.931 bits per heavy atom. The quantitative estimate of drug-likeness (QED) is 0.0405. The summed E-state index contributed by atoms with van der Waals surface area (Å²) in [4.78, 5) is 105. The monoisotopic (exact) mass is 1190 g/mol. The zero-order valence-electron chi connectivity index (χ0n) is 38.9. The van der Waals surface area contributed by atoms with Crippen LogP contribution < -0.4 is 40.2 Å². The van der Waals surface area contributed by atoms with Crippen molar-refractivity contribution in [2.45, 2.75) is 0 Å². The third-order valence-electron chi connectivity index (χ3n) is 10.6. The zero-order chi connectivity index (χ0) is 53.4. The number of aromatic hydroxyl groups is 1. The predicted octanol–water partition coefficient (Wildman–Crippen LogP) is 4.13. The molecule has 0 radical (unpaired) electrons. The van der Waals surface area contributed by atoms with Crippen LogP contribution in [0.2, 0.25) is 0 Å². The molecule has 0 spiro atoms. The second kappa shape index (κ2) is 27.0. The molecule has 4 amide bonds. The van der Waals surface area contributed by atoms with E-state index in [4.69, 9.17) is 18.9 Å². The maximum atomic E-state index is 13.5. The Morgan fingerprint density at radius 1 is 0.403 bits per heavy atom. The number of rotatable bonds is 27. The van der Waals surface area contributed by atoms with Gasteiger partial charge in [-0.3, -0.25) is 29.0 Å². The number of carboxylic acid groups (broad SMARTS) is 4. The Morgan fingerprint density at radius 2 is 0.667 bits per heavy atom. The van der Waals surface area contributed by atoms with Crippen LogP contribution in [0, 0.1) is 0 Å². The SMILES string of the molecule is COc1cc(C(=O)O)c(O)c(C(=O)NCCN(CCNC(=O)c2cc(Br)cc(C(=O)O)c2OC)CCN(CCNC(=O)c2cc(Br)cc(C(=O)O)c2OC)CCNC(=O)c2cc(Br)cc(C(=O)O)c2OC)c1. The van der Waals surface area contributed by atoms with Crippen molar-refractivity contribution in [2.24, 2.45) is 0 Å². The highest BCUT2D eigenvalue weighted by molar-refractivity contribution is 9.11. The van der Waals surface area contributed by atoms with E-state index in [1.54, 1.807) is 0 Å². The molecule has 0 fully saturated rings. The van der Waals surface area contributed by atoms with Gasteiger partial charge in [-0.25, -0.2) is 19.2 Å². The summed E-state index contributed by atoms with van der Waals surface area (Å²) in [7, 11) is 4.92. The Balaban J connectivity index is 1.60. The first-order valence-electron chi connectivity index (χ1n) is 21.2. The van der Waals surface area contributed by atoms with Gasteiger partial charge in [-0.2, -0.15) is 0 Å². The van der Waals surface area contributed by atoms with Crippen LogP contribution in [-0.2, 0) is 0 Å². The Kier molecular flexibility index (Phi) is 21.6. The largest absolute Gasteiger partial charge is 0.506 e. The molecule has 26 heteroatoms. The molecule has 386 valence electrons. The minimum atomic E-state index is -1.50. The first kappa shape index (κ1) is 57.6. The summed E-state index contributed by atoms with van der Waals surface area (Å²) in [5.74, 6) is -9.63. The smallest absolute Gasteiger partial charge is 0.339 e. The fourth-order valence-corrected chi connectivity index (χ4v) is 8.50. The summed E-state index contributed by atoms with van der Waals surface area (Å²) in [6, 6.07) is 10.3. The number of methoxy groups -OCH3 is 4. The minimum Gasteiger partial charge on any atom is -0.506 e. The van der Waals surface area contributed by atoms with E-state index < -0.39 is 58.8 Å². The molecule has 0 aliphatic heterocycles. The van der Waals surface area contributed by atoms with E-state index in [1.807, 2.05) is 9.80 Å². The second-order valence-electron chi connectivity index (χ2n) is 15.1. The van der Waals surface area contributed by atoms with Gasteiger partial charge in [0.05, 0.1) is 50.7 Å². The van der Waals surface area contributed by atoms with Crippen LogP contribution in [-0.4, -0.2) is 177 Å². The molecule has 0 bridgehead atoms. The van der Waals surface area contributed by atoms with E-state index in [1.165, 1.54) is 70.9 Å². The molecule has 0 heterocycles. The normalized spacial score (nSPS) is 10.8. The van der Waals surface area contributed by atoms with Gasteiger partial charge in [-0.05, 0) is 48.5 Å². The topological polar surface area (TPSA) is 329 Å². The molecule has 0 aromatic heterocycles. The second-order valence-corrected chi connectivity index (χ2v) is 17.8. The number of nitrogens with one attached hydrogen (secondary N) is 4. The van der Waals surface area contributed by atoms with E-state index in [0.29, 0.717) is 13.4 Å². The molecule has 0 aliphatic carbocycles. The standard InChI is InChI=1S/C46H49Br3N6O17/c1-69-26-21-27(35(56)28(22-26)43(61)62)39(57)50-5-9-54(10-6-51-40(58)29-15-23(47)18-32(44(63)64)36(29)70-2)13-14-55(11-7-52-41(59)30-16-24(48)19-33(45(65)66)37(30)71-3)12-8-53-42(60)31-17-25(49)20-34(46(67)68)38(31)72-4/h15-22,56H,5-14H2,1-4H3,(H,50,57)(H,51,58)(H,52,59)(H,53,60)(H,61,62)(H,63,64)(H,65,66)(H,67,68). The summed E-state index contributed by atoms with van der Waals surface area (Å²) < 4.78 is 21.9. The van der Waals surface area contributed by atoms with Crippen LogP contribution in [0.3, 0.4) is 0 Å². The van der Waals surface area contributed by atoms with Gasteiger partial charge in [-0.1, -0.05) is 47.8 Å². The van der Waals surface area contributed by atoms with Crippen molar-refractivity contribution in [2.75, 3.05) is 93.9 Å². The molecule has 4 aromatic rings. The zero-order valence-corrected chi connectivity index (χ0v) is 43.6. The summed E-state index contributed by atoms with van der Waals surface area (Å²) in [6.07, 6.45) is 0. The molecule has 0 aliphatic rings. The molecule has 0 saturated heterocycles. The molecule has 4 aromatic carbocycles. The van der Waals surface area contributed by atoms with Crippen LogP contribution in [0.25, 0.3) is 0 Å². The number of hydrogen-bond donors (Lipinski definition) is 9. The van der Waals surface area contributed by atoms with E-state index in [-0.39, 0.29) is 127 Å². The third kappa shape index (κ3) is 15.3.